The first-order valence-corrected chi connectivity index (χ1v) is 5.00. The Kier molecular flexibility index (Phi) is 2.65. The number of carbonyl (C=O) groups excluding carboxylic acids is 1. The van der Waals surface area contributed by atoms with Crippen molar-refractivity contribution < 1.29 is 14.3 Å². The molecule has 1 saturated carbocycles. The Morgan fingerprint density at radius 2 is 2.23 bits per heavy atom. The molecule has 0 amide bonds. The maximum Gasteiger partial charge on any atom is 0.126 e. The molecule has 0 spiro atoms. The summed E-state index contributed by atoms with van der Waals surface area (Å²) in [5.74, 6) is 0. The number of hydrogen-bond acceptors (Lipinski definition) is 3. The molecule has 2 rings (SSSR count). The summed E-state index contributed by atoms with van der Waals surface area (Å²) in [5, 5.41) is 0. The van der Waals surface area contributed by atoms with Crippen LogP contribution >= 0.6 is 0 Å². The second kappa shape index (κ2) is 3.76. The number of ether oxygens (including phenoxy) is 2. The highest BCUT2D eigenvalue weighted by molar-refractivity contribution is 5.60. The molecule has 0 bridgehead atoms. The molecule has 2 fully saturated rings. The first-order chi connectivity index (χ1) is 6.35. The van der Waals surface area contributed by atoms with E-state index in [2.05, 4.69) is 0 Å². The van der Waals surface area contributed by atoms with Crippen molar-refractivity contribution in [2.24, 2.45) is 5.41 Å². The van der Waals surface area contributed by atoms with Gasteiger partial charge in [-0.05, 0) is 19.3 Å². The van der Waals surface area contributed by atoms with E-state index in [1.54, 1.807) is 0 Å². The van der Waals surface area contributed by atoms with Gasteiger partial charge in [0.2, 0.25) is 0 Å². The highest BCUT2D eigenvalue weighted by atomic mass is 16.6. The van der Waals surface area contributed by atoms with E-state index in [0.717, 1.165) is 25.5 Å². The van der Waals surface area contributed by atoms with Gasteiger partial charge in [-0.1, -0.05) is 6.42 Å². The lowest BCUT2D eigenvalue weighted by Gasteiger charge is -2.39. The van der Waals surface area contributed by atoms with Gasteiger partial charge in [0.1, 0.15) is 6.29 Å². The van der Waals surface area contributed by atoms with Crippen molar-refractivity contribution in [3.05, 3.63) is 0 Å². The second-order valence-corrected chi connectivity index (χ2v) is 4.11. The van der Waals surface area contributed by atoms with Gasteiger partial charge in [0.25, 0.3) is 0 Å². The molecular weight excluding hydrogens is 168 g/mol. The lowest BCUT2D eigenvalue weighted by molar-refractivity contribution is -0.133. The lowest BCUT2D eigenvalue weighted by atomic mass is 9.67. The molecule has 13 heavy (non-hydrogen) atoms. The molecule has 1 heterocycles. The molecule has 1 unspecified atom stereocenters. The number of hydrogen-bond donors (Lipinski definition) is 0. The molecule has 1 aliphatic carbocycles. The summed E-state index contributed by atoms with van der Waals surface area (Å²) in [6.45, 7) is 2.04. The van der Waals surface area contributed by atoms with E-state index in [1.165, 1.54) is 6.42 Å². The minimum atomic E-state index is -0.0641. The fourth-order valence-corrected chi connectivity index (χ4v) is 2.11. The van der Waals surface area contributed by atoms with Crippen molar-refractivity contribution in [3.63, 3.8) is 0 Å². The van der Waals surface area contributed by atoms with Crippen LogP contribution in [0.4, 0.5) is 0 Å². The largest absolute Gasteiger partial charge is 0.376 e. The molecular formula is C10H16O3. The van der Waals surface area contributed by atoms with Gasteiger partial charge in [0, 0.05) is 5.41 Å². The van der Waals surface area contributed by atoms with Crippen LogP contribution < -0.4 is 0 Å². The first-order valence-electron chi connectivity index (χ1n) is 5.00. The van der Waals surface area contributed by atoms with Gasteiger partial charge < -0.3 is 14.3 Å². The molecule has 0 aromatic rings. The van der Waals surface area contributed by atoms with Crippen LogP contribution in [-0.4, -0.2) is 32.2 Å². The summed E-state index contributed by atoms with van der Waals surface area (Å²) in [6.07, 6.45) is 5.39. The summed E-state index contributed by atoms with van der Waals surface area (Å²) in [7, 11) is 0. The number of aldehydes is 1. The summed E-state index contributed by atoms with van der Waals surface area (Å²) >= 11 is 0. The van der Waals surface area contributed by atoms with E-state index < -0.39 is 0 Å². The van der Waals surface area contributed by atoms with Gasteiger partial charge in [0.05, 0.1) is 25.9 Å². The maximum atomic E-state index is 10.9. The van der Waals surface area contributed by atoms with Gasteiger partial charge in [-0.25, -0.2) is 0 Å². The third-order valence-electron chi connectivity index (χ3n) is 3.12. The van der Waals surface area contributed by atoms with Crippen LogP contribution in [0.15, 0.2) is 0 Å². The Morgan fingerprint density at radius 1 is 1.38 bits per heavy atom. The van der Waals surface area contributed by atoms with E-state index in [9.17, 15) is 4.79 Å². The van der Waals surface area contributed by atoms with Crippen molar-refractivity contribution in [3.8, 4) is 0 Å². The predicted octanol–water partition coefficient (Wildman–Crippen LogP) is 1.16. The molecule has 1 saturated heterocycles. The zero-order chi connectivity index (χ0) is 9.15. The molecule has 0 radical (unpaired) electrons. The van der Waals surface area contributed by atoms with E-state index in [4.69, 9.17) is 9.47 Å². The topological polar surface area (TPSA) is 35.5 Å². The van der Waals surface area contributed by atoms with Crippen molar-refractivity contribution in [2.45, 2.75) is 31.8 Å². The highest BCUT2D eigenvalue weighted by Gasteiger charge is 2.39. The molecule has 0 aromatic carbocycles. The Labute approximate surface area is 78.4 Å². The quantitative estimate of drug-likeness (QED) is 0.617. The fourth-order valence-electron chi connectivity index (χ4n) is 2.11. The van der Waals surface area contributed by atoms with Crippen LogP contribution in [0.5, 0.6) is 0 Å². The zero-order valence-corrected chi connectivity index (χ0v) is 7.83. The third kappa shape index (κ3) is 1.92. The molecule has 3 heteroatoms. The Hall–Kier alpha value is -0.410. The highest BCUT2D eigenvalue weighted by Crippen LogP contribution is 2.43. The van der Waals surface area contributed by atoms with Gasteiger partial charge in [-0.3, -0.25) is 0 Å². The molecule has 0 N–H and O–H groups in total. The fraction of sp³-hybridized carbons (Fsp3) is 0.900. The summed E-state index contributed by atoms with van der Waals surface area (Å²) in [4.78, 5) is 10.9. The van der Waals surface area contributed by atoms with Crippen molar-refractivity contribution in [1.82, 2.24) is 0 Å². The molecule has 2 aliphatic rings. The van der Waals surface area contributed by atoms with Gasteiger partial charge in [-0.15, -0.1) is 0 Å². The third-order valence-corrected chi connectivity index (χ3v) is 3.12. The Morgan fingerprint density at radius 3 is 2.69 bits per heavy atom. The second-order valence-electron chi connectivity index (χ2n) is 4.11. The SMILES string of the molecule is O=CC1(CC2COCCO2)CCC1. The van der Waals surface area contributed by atoms with E-state index in [1.807, 2.05) is 0 Å². The first kappa shape index (κ1) is 9.16. The predicted molar refractivity (Wildman–Crippen MR) is 47.5 cm³/mol. The maximum absolute atomic E-state index is 10.9. The van der Waals surface area contributed by atoms with Gasteiger partial charge in [0.15, 0.2) is 0 Å². The van der Waals surface area contributed by atoms with Crippen molar-refractivity contribution >= 4 is 6.29 Å². The molecule has 1 atom stereocenters. The molecule has 1 aliphatic heterocycles. The summed E-state index contributed by atoms with van der Waals surface area (Å²) in [5.41, 5.74) is -0.0641. The van der Waals surface area contributed by atoms with Crippen LogP contribution in [0.2, 0.25) is 0 Å². The Balaban J connectivity index is 1.84. The number of rotatable bonds is 3. The van der Waals surface area contributed by atoms with Gasteiger partial charge in [-0.2, -0.15) is 0 Å². The van der Waals surface area contributed by atoms with Gasteiger partial charge >= 0.3 is 0 Å². The lowest BCUT2D eigenvalue weighted by Crippen LogP contribution is -2.39. The van der Waals surface area contributed by atoms with E-state index >= 15 is 0 Å². The molecule has 3 nitrogen and oxygen atoms in total. The van der Waals surface area contributed by atoms with Crippen LogP contribution in [0.3, 0.4) is 0 Å². The minimum Gasteiger partial charge on any atom is -0.376 e. The average Bonchev–Trinajstić information content (AvgIpc) is 2.13. The Bertz CT molecular complexity index is 181. The summed E-state index contributed by atoms with van der Waals surface area (Å²) in [6, 6.07) is 0. The average molecular weight is 184 g/mol. The standard InChI is InChI=1S/C10H16O3/c11-8-10(2-1-3-10)6-9-7-12-4-5-13-9/h8-9H,1-7H2. The van der Waals surface area contributed by atoms with E-state index in [-0.39, 0.29) is 11.5 Å². The minimum absolute atomic E-state index is 0.0641. The van der Waals surface area contributed by atoms with Crippen LogP contribution in [0.1, 0.15) is 25.7 Å². The van der Waals surface area contributed by atoms with Crippen molar-refractivity contribution in [2.75, 3.05) is 19.8 Å². The molecule has 74 valence electrons. The monoisotopic (exact) mass is 184 g/mol. The van der Waals surface area contributed by atoms with E-state index in [0.29, 0.717) is 19.8 Å². The molecule has 0 aromatic heterocycles. The smallest absolute Gasteiger partial charge is 0.126 e. The van der Waals surface area contributed by atoms with Crippen LogP contribution in [0.25, 0.3) is 0 Å². The summed E-state index contributed by atoms with van der Waals surface area (Å²) < 4.78 is 10.8. The van der Waals surface area contributed by atoms with Crippen LogP contribution in [0, 0.1) is 5.41 Å². The van der Waals surface area contributed by atoms with Crippen molar-refractivity contribution in [1.29, 1.82) is 0 Å². The number of carbonyl (C=O) groups is 1. The van der Waals surface area contributed by atoms with Crippen LogP contribution in [-0.2, 0) is 14.3 Å². The normalized spacial score (nSPS) is 32.2. The zero-order valence-electron chi connectivity index (χ0n) is 7.83.